The van der Waals surface area contributed by atoms with Crippen molar-refractivity contribution in [1.29, 1.82) is 0 Å². The minimum Gasteiger partial charge on any atom is -0.462 e. The van der Waals surface area contributed by atoms with Gasteiger partial charge in [0.2, 0.25) is 0 Å². The van der Waals surface area contributed by atoms with Crippen molar-refractivity contribution in [3.05, 3.63) is 59.4 Å². The van der Waals surface area contributed by atoms with Gasteiger partial charge in [-0.3, -0.25) is 9.59 Å². The number of rotatable bonds is 9. The molecule has 0 saturated heterocycles. The van der Waals surface area contributed by atoms with Crippen molar-refractivity contribution < 1.29 is 19.1 Å². The Morgan fingerprint density at radius 3 is 2.14 bits per heavy atom. The first-order valence-electron chi connectivity index (χ1n) is 9.85. The molecular weight excluding hydrogens is 370 g/mol. The van der Waals surface area contributed by atoms with Gasteiger partial charge in [-0.2, -0.15) is 0 Å². The molecule has 0 aliphatic carbocycles. The van der Waals surface area contributed by atoms with Gasteiger partial charge in [0.15, 0.2) is 0 Å². The second-order valence-corrected chi connectivity index (χ2v) is 6.45. The standard InChI is InChI=1S/C22H27N3O4/c1-4-14-25(15-5-2)21(27)19-9-7-8-18(24-19)20(26)23-17-12-10-16(11-13-17)22(28)29-6-3/h7-13H,4-6,14-15H2,1-3H3,(H,23,26). The lowest BCUT2D eigenvalue weighted by atomic mass is 10.2. The van der Waals surface area contributed by atoms with Gasteiger partial charge in [0.05, 0.1) is 12.2 Å². The molecule has 0 radical (unpaired) electrons. The molecule has 1 aromatic heterocycles. The van der Waals surface area contributed by atoms with Gasteiger partial charge in [-0.1, -0.05) is 19.9 Å². The molecule has 0 saturated carbocycles. The minimum atomic E-state index is -0.430. The monoisotopic (exact) mass is 397 g/mol. The number of hydrogen-bond donors (Lipinski definition) is 1. The maximum atomic E-state index is 12.7. The van der Waals surface area contributed by atoms with Crippen LogP contribution in [0.4, 0.5) is 5.69 Å². The van der Waals surface area contributed by atoms with Crippen LogP contribution in [0.2, 0.25) is 0 Å². The molecule has 1 heterocycles. The SMILES string of the molecule is CCCN(CCC)C(=O)c1cccc(C(=O)Nc2ccc(C(=O)OCC)cc2)n1. The molecule has 7 nitrogen and oxygen atoms in total. The Kier molecular flexibility index (Phi) is 8.33. The van der Waals surface area contributed by atoms with E-state index in [0.29, 0.717) is 30.9 Å². The van der Waals surface area contributed by atoms with Crippen LogP contribution >= 0.6 is 0 Å². The first-order valence-corrected chi connectivity index (χ1v) is 9.85. The molecule has 0 atom stereocenters. The Morgan fingerprint density at radius 1 is 0.931 bits per heavy atom. The highest BCUT2D eigenvalue weighted by Crippen LogP contribution is 2.13. The second-order valence-electron chi connectivity index (χ2n) is 6.45. The van der Waals surface area contributed by atoms with Crippen LogP contribution in [0.3, 0.4) is 0 Å². The molecule has 7 heteroatoms. The summed E-state index contributed by atoms with van der Waals surface area (Å²) >= 11 is 0. The van der Waals surface area contributed by atoms with E-state index in [-0.39, 0.29) is 17.3 Å². The van der Waals surface area contributed by atoms with Gasteiger partial charge in [0.25, 0.3) is 11.8 Å². The molecule has 2 rings (SSSR count). The third-order valence-corrected chi connectivity index (χ3v) is 4.13. The van der Waals surface area contributed by atoms with Crippen LogP contribution in [0.15, 0.2) is 42.5 Å². The average molecular weight is 397 g/mol. The quantitative estimate of drug-likeness (QED) is 0.651. The van der Waals surface area contributed by atoms with Gasteiger partial charge in [-0.05, 0) is 56.2 Å². The zero-order valence-electron chi connectivity index (χ0n) is 17.1. The lowest BCUT2D eigenvalue weighted by Crippen LogP contribution is -2.33. The van der Waals surface area contributed by atoms with Crippen molar-refractivity contribution in [2.75, 3.05) is 25.0 Å². The van der Waals surface area contributed by atoms with Crippen molar-refractivity contribution in [3.63, 3.8) is 0 Å². The van der Waals surface area contributed by atoms with E-state index in [0.717, 1.165) is 12.8 Å². The number of carbonyl (C=O) groups is 3. The molecule has 2 aromatic rings. The summed E-state index contributed by atoms with van der Waals surface area (Å²) in [5, 5.41) is 2.72. The molecule has 1 aromatic carbocycles. The molecule has 0 bridgehead atoms. The lowest BCUT2D eigenvalue weighted by Gasteiger charge is -2.21. The predicted molar refractivity (Wildman–Crippen MR) is 111 cm³/mol. The van der Waals surface area contributed by atoms with Crippen molar-refractivity contribution in [2.24, 2.45) is 0 Å². The number of hydrogen-bond acceptors (Lipinski definition) is 5. The third-order valence-electron chi connectivity index (χ3n) is 4.13. The van der Waals surface area contributed by atoms with E-state index in [1.54, 1.807) is 54.3 Å². The number of ether oxygens (including phenoxy) is 1. The highest BCUT2D eigenvalue weighted by Gasteiger charge is 2.18. The van der Waals surface area contributed by atoms with Crippen molar-refractivity contribution >= 4 is 23.5 Å². The fraction of sp³-hybridized carbons (Fsp3) is 0.364. The van der Waals surface area contributed by atoms with Gasteiger partial charge in [-0.25, -0.2) is 9.78 Å². The van der Waals surface area contributed by atoms with Crippen molar-refractivity contribution in [2.45, 2.75) is 33.6 Å². The number of nitrogens with zero attached hydrogens (tertiary/aromatic N) is 2. The number of pyridine rings is 1. The number of carbonyl (C=O) groups excluding carboxylic acids is 3. The summed E-state index contributed by atoms with van der Waals surface area (Å²) in [4.78, 5) is 42.9. The molecular formula is C22H27N3O4. The Bertz CT molecular complexity index is 843. The number of anilines is 1. The van der Waals surface area contributed by atoms with Crippen LogP contribution in [0.1, 0.15) is 64.9 Å². The molecule has 0 aliphatic rings. The van der Waals surface area contributed by atoms with E-state index >= 15 is 0 Å². The fourth-order valence-corrected chi connectivity index (χ4v) is 2.80. The molecule has 0 aliphatic heterocycles. The summed E-state index contributed by atoms with van der Waals surface area (Å²) in [6.07, 6.45) is 1.71. The maximum Gasteiger partial charge on any atom is 0.338 e. The molecule has 2 amide bonds. The summed E-state index contributed by atoms with van der Waals surface area (Å²) < 4.78 is 4.94. The van der Waals surface area contributed by atoms with Gasteiger partial charge in [0, 0.05) is 18.8 Å². The molecule has 29 heavy (non-hydrogen) atoms. The predicted octanol–water partition coefficient (Wildman–Crippen LogP) is 3.77. The van der Waals surface area contributed by atoms with E-state index in [1.165, 1.54) is 0 Å². The number of aromatic nitrogens is 1. The van der Waals surface area contributed by atoms with Crippen LogP contribution < -0.4 is 5.32 Å². The number of esters is 1. The molecule has 0 unspecified atom stereocenters. The highest BCUT2D eigenvalue weighted by molar-refractivity contribution is 6.04. The zero-order valence-corrected chi connectivity index (χ0v) is 17.1. The summed E-state index contributed by atoms with van der Waals surface area (Å²) in [5.74, 6) is -1.02. The van der Waals surface area contributed by atoms with E-state index in [9.17, 15) is 14.4 Å². The zero-order chi connectivity index (χ0) is 21.2. The summed E-state index contributed by atoms with van der Waals surface area (Å²) in [6, 6.07) is 11.2. The van der Waals surface area contributed by atoms with E-state index in [1.807, 2.05) is 13.8 Å². The number of nitrogens with one attached hydrogen (secondary N) is 1. The smallest absolute Gasteiger partial charge is 0.338 e. The van der Waals surface area contributed by atoms with E-state index in [2.05, 4.69) is 10.3 Å². The fourth-order valence-electron chi connectivity index (χ4n) is 2.80. The van der Waals surface area contributed by atoms with Gasteiger partial charge in [-0.15, -0.1) is 0 Å². The van der Waals surface area contributed by atoms with Crippen molar-refractivity contribution in [1.82, 2.24) is 9.88 Å². The van der Waals surface area contributed by atoms with Crippen LogP contribution in [0, 0.1) is 0 Å². The van der Waals surface area contributed by atoms with Gasteiger partial charge in [0.1, 0.15) is 11.4 Å². The Balaban J connectivity index is 2.11. The third kappa shape index (κ3) is 6.14. The maximum absolute atomic E-state index is 12.7. The Labute approximate surface area is 171 Å². The van der Waals surface area contributed by atoms with Crippen molar-refractivity contribution in [3.8, 4) is 0 Å². The summed E-state index contributed by atoms with van der Waals surface area (Å²) in [7, 11) is 0. The van der Waals surface area contributed by atoms with Crippen LogP contribution in [0.5, 0.6) is 0 Å². The minimum absolute atomic E-state index is 0.151. The first-order chi connectivity index (χ1) is 14.0. The summed E-state index contributed by atoms with van der Waals surface area (Å²) in [6.45, 7) is 7.37. The normalized spacial score (nSPS) is 10.3. The molecule has 0 fully saturated rings. The summed E-state index contributed by atoms with van der Waals surface area (Å²) in [5.41, 5.74) is 1.32. The second kappa shape index (κ2) is 10.9. The van der Waals surface area contributed by atoms with Gasteiger partial charge >= 0.3 is 5.97 Å². The number of benzene rings is 1. The van der Waals surface area contributed by atoms with Crippen LogP contribution in [0.25, 0.3) is 0 Å². The average Bonchev–Trinajstić information content (AvgIpc) is 2.74. The van der Waals surface area contributed by atoms with Crippen LogP contribution in [-0.2, 0) is 4.74 Å². The Hall–Kier alpha value is -3.22. The molecule has 1 N–H and O–H groups in total. The highest BCUT2D eigenvalue weighted by atomic mass is 16.5. The van der Waals surface area contributed by atoms with E-state index in [4.69, 9.17) is 4.74 Å². The lowest BCUT2D eigenvalue weighted by molar-refractivity contribution is 0.0526. The Morgan fingerprint density at radius 2 is 1.55 bits per heavy atom. The first kappa shape index (κ1) is 22.1. The molecule has 0 spiro atoms. The largest absolute Gasteiger partial charge is 0.462 e. The van der Waals surface area contributed by atoms with E-state index < -0.39 is 11.9 Å². The topological polar surface area (TPSA) is 88.6 Å². The van der Waals surface area contributed by atoms with Crippen LogP contribution in [-0.4, -0.2) is 47.4 Å². The van der Waals surface area contributed by atoms with Gasteiger partial charge < -0.3 is 15.0 Å². The number of amides is 2. The molecule has 154 valence electrons.